The van der Waals surface area contributed by atoms with Crippen molar-refractivity contribution in [3.8, 4) is 0 Å². The van der Waals surface area contributed by atoms with Crippen molar-refractivity contribution < 1.29 is 9.53 Å². The number of carbonyl (C=O) groups is 1. The Hall–Kier alpha value is -1.57. The zero-order valence-electron chi connectivity index (χ0n) is 6.94. The summed E-state index contributed by atoms with van der Waals surface area (Å²) >= 11 is 0. The van der Waals surface area contributed by atoms with Crippen LogP contribution in [0.25, 0.3) is 0 Å². The van der Waals surface area contributed by atoms with Crippen molar-refractivity contribution in [2.45, 2.75) is 5.60 Å². The van der Waals surface area contributed by atoms with Crippen molar-refractivity contribution in [1.82, 2.24) is 0 Å². The van der Waals surface area contributed by atoms with Crippen LogP contribution in [-0.4, -0.2) is 11.6 Å². The maximum Gasteiger partial charge on any atom is 0.332 e. The molecule has 0 amide bonds. The molecule has 3 aliphatic carbocycles. The molecule has 0 atom stereocenters. The Kier molecular flexibility index (Phi) is 1.07. The van der Waals surface area contributed by atoms with Crippen LogP contribution in [0, 0.1) is 5.92 Å². The van der Waals surface area contributed by atoms with Crippen LogP contribution >= 0.6 is 0 Å². The highest BCUT2D eigenvalue weighted by atomic mass is 16.6. The van der Waals surface area contributed by atoms with Crippen molar-refractivity contribution in [1.29, 1.82) is 0 Å². The fourth-order valence-electron chi connectivity index (χ4n) is 1.90. The van der Waals surface area contributed by atoms with Gasteiger partial charge in [-0.15, -0.1) is 0 Å². The lowest BCUT2D eigenvalue weighted by Crippen LogP contribution is -2.27. The fraction of sp³-hybridized carbons (Fsp3) is 0.182. The number of ether oxygens (including phenoxy) is 1. The van der Waals surface area contributed by atoms with Gasteiger partial charge in [0, 0.05) is 17.6 Å². The van der Waals surface area contributed by atoms with Gasteiger partial charge < -0.3 is 4.74 Å². The summed E-state index contributed by atoms with van der Waals surface area (Å²) in [5.74, 6) is 0.102. The molecule has 2 bridgehead atoms. The summed E-state index contributed by atoms with van der Waals surface area (Å²) in [5, 5.41) is 0. The van der Waals surface area contributed by atoms with E-state index in [1.54, 1.807) is 6.08 Å². The molecular formula is C11H8O2. The van der Waals surface area contributed by atoms with E-state index in [0.717, 1.165) is 5.57 Å². The summed E-state index contributed by atoms with van der Waals surface area (Å²) < 4.78 is 5.26. The normalized spacial score (nSPS) is 38.6. The second-order valence-electron chi connectivity index (χ2n) is 3.47. The molecule has 0 aromatic rings. The van der Waals surface area contributed by atoms with Crippen LogP contribution in [-0.2, 0) is 9.53 Å². The molecule has 0 fully saturated rings. The third kappa shape index (κ3) is 0.800. The van der Waals surface area contributed by atoms with Gasteiger partial charge in [-0.2, -0.15) is 0 Å². The van der Waals surface area contributed by atoms with Crippen LogP contribution < -0.4 is 0 Å². The van der Waals surface area contributed by atoms with E-state index < -0.39 is 5.60 Å². The smallest absolute Gasteiger partial charge is 0.332 e. The topological polar surface area (TPSA) is 26.3 Å². The lowest BCUT2D eigenvalue weighted by molar-refractivity contribution is -0.140. The SMILES string of the molecule is O=C1C=C2C=CC3C=CC2(C=C3)O1. The number of esters is 1. The summed E-state index contributed by atoms with van der Waals surface area (Å²) in [6, 6.07) is 0. The number of carbonyl (C=O) groups excluding carboxylic acids is 1. The predicted molar refractivity (Wildman–Crippen MR) is 47.8 cm³/mol. The van der Waals surface area contributed by atoms with E-state index in [2.05, 4.69) is 18.2 Å². The van der Waals surface area contributed by atoms with Gasteiger partial charge in [0.2, 0.25) is 0 Å². The summed E-state index contributed by atoms with van der Waals surface area (Å²) in [4.78, 5) is 11.1. The average Bonchev–Trinajstić information content (AvgIpc) is 2.29. The van der Waals surface area contributed by atoms with Gasteiger partial charge in [0.25, 0.3) is 0 Å². The lowest BCUT2D eigenvalue weighted by atomic mass is 9.91. The molecular weight excluding hydrogens is 164 g/mol. The van der Waals surface area contributed by atoms with Crippen molar-refractivity contribution in [3.05, 3.63) is 48.1 Å². The lowest BCUT2D eigenvalue weighted by Gasteiger charge is -2.23. The van der Waals surface area contributed by atoms with Crippen molar-refractivity contribution in [3.63, 3.8) is 0 Å². The van der Waals surface area contributed by atoms with Crippen LogP contribution in [0.4, 0.5) is 0 Å². The minimum absolute atomic E-state index is 0.255. The maximum absolute atomic E-state index is 11.1. The Morgan fingerprint density at radius 1 is 1.23 bits per heavy atom. The molecule has 2 nitrogen and oxygen atoms in total. The Morgan fingerprint density at radius 3 is 2.77 bits per heavy atom. The van der Waals surface area contributed by atoms with Crippen molar-refractivity contribution >= 4 is 5.97 Å². The highest BCUT2D eigenvalue weighted by Gasteiger charge is 2.40. The molecule has 1 aliphatic heterocycles. The summed E-state index contributed by atoms with van der Waals surface area (Å²) in [6.45, 7) is 0. The third-order valence-corrected chi connectivity index (χ3v) is 2.62. The predicted octanol–water partition coefficient (Wildman–Crippen LogP) is 1.52. The van der Waals surface area contributed by atoms with Crippen LogP contribution in [0.3, 0.4) is 0 Å². The molecule has 0 radical (unpaired) electrons. The standard InChI is InChI=1S/C11H8O2/c12-10-7-9-2-1-8-3-5-11(9,13-10)6-4-8/h1-8H. The highest BCUT2D eigenvalue weighted by molar-refractivity contribution is 5.89. The first-order valence-corrected chi connectivity index (χ1v) is 4.31. The third-order valence-electron chi connectivity index (χ3n) is 2.62. The first-order chi connectivity index (χ1) is 6.28. The van der Waals surface area contributed by atoms with Crippen LogP contribution in [0.1, 0.15) is 0 Å². The van der Waals surface area contributed by atoms with Crippen LogP contribution in [0.5, 0.6) is 0 Å². The molecule has 0 N–H and O–H groups in total. The van der Waals surface area contributed by atoms with E-state index in [9.17, 15) is 4.79 Å². The summed E-state index contributed by atoms with van der Waals surface area (Å²) in [6.07, 6.45) is 13.6. The maximum atomic E-state index is 11.1. The molecule has 1 spiro atoms. The minimum Gasteiger partial charge on any atom is -0.442 e. The molecule has 0 aromatic heterocycles. The van der Waals surface area contributed by atoms with Crippen molar-refractivity contribution in [2.24, 2.45) is 5.92 Å². The van der Waals surface area contributed by atoms with Gasteiger partial charge in [0.05, 0.1) is 0 Å². The average molecular weight is 172 g/mol. The molecule has 0 aromatic carbocycles. The first kappa shape index (κ1) is 6.89. The van der Waals surface area contributed by atoms with E-state index in [-0.39, 0.29) is 5.97 Å². The largest absolute Gasteiger partial charge is 0.442 e. The number of rotatable bonds is 0. The number of allylic oxidation sites excluding steroid dienone is 3. The molecule has 0 unspecified atom stereocenters. The molecule has 1 heterocycles. The van der Waals surface area contributed by atoms with Gasteiger partial charge in [0.15, 0.2) is 5.60 Å². The van der Waals surface area contributed by atoms with E-state index in [4.69, 9.17) is 4.74 Å². The Labute approximate surface area is 75.9 Å². The zero-order chi connectivity index (χ0) is 8.89. The minimum atomic E-state index is -0.583. The fourth-order valence-corrected chi connectivity index (χ4v) is 1.90. The van der Waals surface area contributed by atoms with E-state index >= 15 is 0 Å². The van der Waals surface area contributed by atoms with Crippen LogP contribution in [0.15, 0.2) is 48.1 Å². The number of hydrogen-bond acceptors (Lipinski definition) is 2. The highest BCUT2D eigenvalue weighted by Crippen LogP contribution is 2.38. The van der Waals surface area contributed by atoms with Gasteiger partial charge in [-0.3, -0.25) is 0 Å². The zero-order valence-corrected chi connectivity index (χ0v) is 6.94. The van der Waals surface area contributed by atoms with Gasteiger partial charge in [0.1, 0.15) is 0 Å². The summed E-state index contributed by atoms with van der Waals surface area (Å²) in [5.41, 5.74) is 0.352. The Balaban J connectivity index is 2.24. The van der Waals surface area contributed by atoms with Gasteiger partial charge in [-0.25, -0.2) is 4.79 Å². The van der Waals surface area contributed by atoms with Crippen LogP contribution in [0.2, 0.25) is 0 Å². The molecule has 4 rings (SSSR count). The van der Waals surface area contributed by atoms with Gasteiger partial charge in [-0.1, -0.05) is 24.3 Å². The molecule has 4 aliphatic rings. The Morgan fingerprint density at radius 2 is 2.00 bits per heavy atom. The van der Waals surface area contributed by atoms with E-state index in [1.165, 1.54) is 0 Å². The quantitative estimate of drug-likeness (QED) is 0.409. The number of hydrogen-bond donors (Lipinski definition) is 0. The van der Waals surface area contributed by atoms with Gasteiger partial charge in [-0.05, 0) is 12.2 Å². The van der Waals surface area contributed by atoms with Gasteiger partial charge >= 0.3 is 5.97 Å². The molecule has 2 heteroatoms. The first-order valence-electron chi connectivity index (χ1n) is 4.31. The molecule has 13 heavy (non-hydrogen) atoms. The molecule has 0 saturated heterocycles. The second-order valence-corrected chi connectivity index (χ2v) is 3.47. The monoisotopic (exact) mass is 172 g/mol. The molecule has 0 saturated carbocycles. The second kappa shape index (κ2) is 2.02. The van der Waals surface area contributed by atoms with Crippen molar-refractivity contribution in [2.75, 3.05) is 0 Å². The molecule has 64 valence electrons. The van der Waals surface area contributed by atoms with E-state index in [0.29, 0.717) is 5.92 Å². The van der Waals surface area contributed by atoms with E-state index in [1.807, 2.05) is 18.2 Å². The summed E-state index contributed by atoms with van der Waals surface area (Å²) in [7, 11) is 0. The Bertz CT molecular complexity index is 382.